The smallest absolute Gasteiger partial charge is 0.256 e. The van der Waals surface area contributed by atoms with E-state index in [4.69, 9.17) is 23.2 Å². The molecule has 0 atom stereocenters. The van der Waals surface area contributed by atoms with Crippen LogP contribution in [0.15, 0.2) is 6.20 Å². The van der Waals surface area contributed by atoms with E-state index >= 15 is 0 Å². The molecule has 1 N–H and O–H groups in total. The fourth-order valence-corrected chi connectivity index (χ4v) is 1.38. The summed E-state index contributed by atoms with van der Waals surface area (Å²) in [6.45, 7) is 0. The van der Waals surface area contributed by atoms with Gasteiger partial charge in [0, 0.05) is 12.2 Å². The fraction of sp³-hybridized carbons (Fsp3) is 0.375. The van der Waals surface area contributed by atoms with Crippen LogP contribution >= 0.6 is 23.2 Å². The van der Waals surface area contributed by atoms with Crippen LogP contribution in [-0.2, 0) is 0 Å². The lowest BCUT2D eigenvalue weighted by Gasteiger charge is -2.03. The Labute approximate surface area is 90.6 Å². The van der Waals surface area contributed by atoms with Crippen molar-refractivity contribution in [2.45, 2.75) is 18.9 Å². The van der Waals surface area contributed by atoms with Gasteiger partial charge in [-0.25, -0.2) is 9.97 Å². The first-order valence-electron chi connectivity index (χ1n) is 4.15. The Morgan fingerprint density at radius 2 is 2.21 bits per heavy atom. The Hall–Kier alpha value is -0.870. The van der Waals surface area contributed by atoms with E-state index in [1.165, 1.54) is 6.20 Å². The summed E-state index contributed by atoms with van der Waals surface area (Å²) in [6.07, 6.45) is 3.38. The third-order valence-corrected chi connectivity index (χ3v) is 2.34. The van der Waals surface area contributed by atoms with Gasteiger partial charge < -0.3 is 5.32 Å². The van der Waals surface area contributed by atoms with E-state index < -0.39 is 0 Å². The van der Waals surface area contributed by atoms with Gasteiger partial charge in [-0.3, -0.25) is 4.79 Å². The maximum absolute atomic E-state index is 11.5. The minimum absolute atomic E-state index is 0.0398. The van der Waals surface area contributed by atoms with Crippen molar-refractivity contribution < 1.29 is 4.79 Å². The molecule has 1 amide bonds. The predicted octanol–water partition coefficient (Wildman–Crippen LogP) is 1.68. The number of nitrogens with one attached hydrogen (secondary N) is 1. The van der Waals surface area contributed by atoms with E-state index in [1.54, 1.807) is 0 Å². The summed E-state index contributed by atoms with van der Waals surface area (Å²) in [7, 11) is 0. The number of halogens is 2. The summed E-state index contributed by atoms with van der Waals surface area (Å²) in [6, 6.07) is 0.286. The first kappa shape index (κ1) is 9.68. The van der Waals surface area contributed by atoms with Crippen molar-refractivity contribution in [3.05, 3.63) is 22.2 Å². The topological polar surface area (TPSA) is 54.9 Å². The van der Waals surface area contributed by atoms with Crippen molar-refractivity contribution in [2.24, 2.45) is 0 Å². The van der Waals surface area contributed by atoms with Crippen LogP contribution in [0.2, 0.25) is 10.4 Å². The molecule has 1 aromatic rings. The molecule has 1 fully saturated rings. The highest BCUT2D eigenvalue weighted by atomic mass is 35.5. The molecule has 1 aliphatic rings. The summed E-state index contributed by atoms with van der Waals surface area (Å²) in [5, 5.41) is 2.91. The second-order valence-corrected chi connectivity index (χ2v) is 3.79. The van der Waals surface area contributed by atoms with Gasteiger partial charge in [0.25, 0.3) is 5.91 Å². The normalized spacial score (nSPS) is 15.3. The van der Waals surface area contributed by atoms with Crippen LogP contribution in [0, 0.1) is 0 Å². The number of nitrogens with zero attached hydrogens (tertiary/aromatic N) is 2. The Kier molecular flexibility index (Phi) is 2.56. The molecule has 74 valence electrons. The molecule has 1 saturated carbocycles. The Morgan fingerprint density at radius 1 is 1.50 bits per heavy atom. The fourth-order valence-electron chi connectivity index (χ4n) is 0.984. The molecule has 0 spiro atoms. The number of carbonyl (C=O) groups is 1. The molecule has 0 saturated heterocycles. The molecule has 0 aromatic carbocycles. The molecule has 0 bridgehead atoms. The van der Waals surface area contributed by atoms with Gasteiger partial charge in [0.1, 0.15) is 5.15 Å². The molecular weight excluding hydrogens is 225 g/mol. The summed E-state index contributed by atoms with van der Waals surface area (Å²) in [4.78, 5) is 18.9. The average molecular weight is 232 g/mol. The molecule has 6 heteroatoms. The standard InChI is InChI=1S/C8H7Cl2N3O/c9-6-5(3-11-8(10)13-6)7(14)12-4-1-2-4/h3-4H,1-2H2,(H,12,14). The number of rotatable bonds is 2. The molecule has 4 nitrogen and oxygen atoms in total. The first-order chi connectivity index (χ1) is 6.66. The van der Waals surface area contributed by atoms with Gasteiger partial charge in [-0.1, -0.05) is 11.6 Å². The van der Waals surface area contributed by atoms with E-state index in [0.717, 1.165) is 12.8 Å². The van der Waals surface area contributed by atoms with Crippen molar-refractivity contribution in [1.29, 1.82) is 0 Å². The minimum atomic E-state index is -0.242. The van der Waals surface area contributed by atoms with Crippen LogP contribution in [0.4, 0.5) is 0 Å². The van der Waals surface area contributed by atoms with Crippen molar-refractivity contribution in [3.63, 3.8) is 0 Å². The Bertz CT molecular complexity index is 379. The zero-order valence-electron chi connectivity index (χ0n) is 7.13. The molecular formula is C8H7Cl2N3O. The molecule has 0 unspecified atom stereocenters. The molecule has 14 heavy (non-hydrogen) atoms. The van der Waals surface area contributed by atoms with Crippen molar-refractivity contribution in [1.82, 2.24) is 15.3 Å². The third kappa shape index (κ3) is 2.13. The number of hydrogen-bond acceptors (Lipinski definition) is 3. The predicted molar refractivity (Wildman–Crippen MR) is 52.5 cm³/mol. The highest BCUT2D eigenvalue weighted by Gasteiger charge is 2.25. The highest BCUT2D eigenvalue weighted by molar-refractivity contribution is 6.34. The third-order valence-electron chi connectivity index (χ3n) is 1.87. The molecule has 0 aliphatic heterocycles. The number of hydrogen-bond donors (Lipinski definition) is 1. The van der Waals surface area contributed by atoms with Gasteiger partial charge >= 0.3 is 0 Å². The number of aromatic nitrogens is 2. The summed E-state index contributed by atoms with van der Waals surface area (Å²) in [5.74, 6) is -0.242. The minimum Gasteiger partial charge on any atom is -0.349 e. The largest absolute Gasteiger partial charge is 0.349 e. The van der Waals surface area contributed by atoms with Gasteiger partial charge in [-0.2, -0.15) is 0 Å². The van der Waals surface area contributed by atoms with E-state index in [1.807, 2.05) is 0 Å². The van der Waals surface area contributed by atoms with Gasteiger partial charge in [0.05, 0.1) is 5.56 Å². The number of carbonyl (C=O) groups excluding carboxylic acids is 1. The van der Waals surface area contributed by atoms with Crippen LogP contribution < -0.4 is 5.32 Å². The molecule has 1 aliphatic carbocycles. The van der Waals surface area contributed by atoms with Crippen LogP contribution in [0.3, 0.4) is 0 Å². The maximum Gasteiger partial charge on any atom is 0.256 e. The van der Waals surface area contributed by atoms with Gasteiger partial charge in [-0.15, -0.1) is 0 Å². The van der Waals surface area contributed by atoms with Gasteiger partial charge in [-0.05, 0) is 24.4 Å². The van der Waals surface area contributed by atoms with Crippen molar-refractivity contribution in [3.8, 4) is 0 Å². The lowest BCUT2D eigenvalue weighted by Crippen LogP contribution is -2.26. The Balaban J connectivity index is 2.17. The quantitative estimate of drug-likeness (QED) is 0.623. The van der Waals surface area contributed by atoms with Crippen LogP contribution in [0.25, 0.3) is 0 Å². The van der Waals surface area contributed by atoms with E-state index in [9.17, 15) is 4.79 Å². The number of amides is 1. The summed E-state index contributed by atoms with van der Waals surface area (Å²) < 4.78 is 0. The van der Waals surface area contributed by atoms with E-state index in [0.29, 0.717) is 0 Å². The van der Waals surface area contributed by atoms with Crippen molar-refractivity contribution >= 4 is 29.1 Å². The lowest BCUT2D eigenvalue weighted by molar-refractivity contribution is 0.0950. The molecule has 1 heterocycles. The molecule has 2 rings (SSSR count). The second-order valence-electron chi connectivity index (χ2n) is 3.09. The SMILES string of the molecule is O=C(NC1CC1)c1cnc(Cl)nc1Cl. The van der Waals surface area contributed by atoms with E-state index in [2.05, 4.69) is 15.3 Å². The summed E-state index contributed by atoms with van der Waals surface area (Å²) in [5.41, 5.74) is 0.267. The van der Waals surface area contributed by atoms with E-state index in [-0.39, 0.29) is 27.9 Å². The van der Waals surface area contributed by atoms with Crippen molar-refractivity contribution in [2.75, 3.05) is 0 Å². The average Bonchev–Trinajstić information content (AvgIpc) is 2.87. The highest BCUT2D eigenvalue weighted by Crippen LogP contribution is 2.20. The lowest BCUT2D eigenvalue weighted by atomic mass is 10.3. The Morgan fingerprint density at radius 3 is 2.79 bits per heavy atom. The van der Waals surface area contributed by atoms with Crippen LogP contribution in [0.5, 0.6) is 0 Å². The van der Waals surface area contributed by atoms with Crippen LogP contribution in [-0.4, -0.2) is 21.9 Å². The molecule has 0 radical (unpaired) electrons. The zero-order chi connectivity index (χ0) is 10.1. The summed E-state index contributed by atoms with van der Waals surface area (Å²) >= 11 is 11.2. The monoisotopic (exact) mass is 231 g/mol. The first-order valence-corrected chi connectivity index (χ1v) is 4.91. The maximum atomic E-state index is 11.5. The van der Waals surface area contributed by atoms with Gasteiger partial charge in [0.15, 0.2) is 0 Å². The van der Waals surface area contributed by atoms with Gasteiger partial charge in [0.2, 0.25) is 5.28 Å². The second kappa shape index (κ2) is 3.71. The molecule has 1 aromatic heterocycles. The van der Waals surface area contributed by atoms with Crippen LogP contribution in [0.1, 0.15) is 23.2 Å². The zero-order valence-corrected chi connectivity index (χ0v) is 8.64.